The van der Waals surface area contributed by atoms with E-state index in [9.17, 15) is 17.2 Å². The van der Waals surface area contributed by atoms with Crippen molar-refractivity contribution in [2.75, 3.05) is 32.5 Å². The minimum Gasteiger partial charge on any atom is -0.394 e. The maximum absolute atomic E-state index is 13.9. The van der Waals surface area contributed by atoms with Crippen molar-refractivity contribution in [1.82, 2.24) is 4.31 Å². The Morgan fingerprint density at radius 1 is 1.33 bits per heavy atom. The minimum absolute atomic E-state index is 0.285. The van der Waals surface area contributed by atoms with E-state index in [0.29, 0.717) is 25.4 Å². The van der Waals surface area contributed by atoms with E-state index in [1.165, 1.54) is 4.31 Å². The monoisotopic (exact) mass is 320 g/mol. The first kappa shape index (κ1) is 16.1. The van der Waals surface area contributed by atoms with Gasteiger partial charge in [0.15, 0.2) is 5.82 Å². The molecule has 0 bridgehead atoms. The van der Waals surface area contributed by atoms with Gasteiger partial charge in [0.05, 0.1) is 0 Å². The number of benzene rings is 1. The van der Waals surface area contributed by atoms with E-state index in [2.05, 4.69) is 0 Å². The first-order valence-electron chi connectivity index (χ1n) is 6.60. The second kappa shape index (κ2) is 6.25. The van der Waals surface area contributed by atoms with Crippen LogP contribution in [0.15, 0.2) is 17.0 Å². The summed E-state index contributed by atoms with van der Waals surface area (Å²) in [6.45, 7) is 1.14. The van der Waals surface area contributed by atoms with Crippen LogP contribution < -0.4 is 5.73 Å². The lowest BCUT2D eigenvalue weighted by molar-refractivity contribution is 0.121. The van der Waals surface area contributed by atoms with E-state index in [0.717, 1.165) is 12.1 Å². The fourth-order valence-electron chi connectivity index (χ4n) is 2.44. The Balaban J connectivity index is 2.22. The van der Waals surface area contributed by atoms with Crippen molar-refractivity contribution in [3.63, 3.8) is 0 Å². The first-order valence-corrected chi connectivity index (χ1v) is 8.04. The number of nitrogen functional groups attached to an aromatic ring is 1. The highest BCUT2D eigenvalue weighted by atomic mass is 32.2. The molecule has 1 aliphatic heterocycles. The van der Waals surface area contributed by atoms with Gasteiger partial charge in [0.2, 0.25) is 10.0 Å². The highest BCUT2D eigenvalue weighted by Crippen LogP contribution is 2.28. The summed E-state index contributed by atoms with van der Waals surface area (Å²) in [5.41, 5.74) is 4.45. The molecule has 0 atom stereocenters. The van der Waals surface area contributed by atoms with E-state index >= 15 is 0 Å². The van der Waals surface area contributed by atoms with Crippen LogP contribution in [-0.2, 0) is 14.8 Å². The SMILES string of the molecule is COCC1CCN(S(=O)(=O)c2ccc(F)c(N)c2F)CC1. The number of anilines is 1. The van der Waals surface area contributed by atoms with Crippen LogP contribution in [0.2, 0.25) is 0 Å². The van der Waals surface area contributed by atoms with Crippen molar-refractivity contribution in [2.24, 2.45) is 5.92 Å². The average molecular weight is 320 g/mol. The third-order valence-corrected chi connectivity index (χ3v) is 5.60. The van der Waals surface area contributed by atoms with Gasteiger partial charge in [0.25, 0.3) is 0 Å². The van der Waals surface area contributed by atoms with Crippen molar-refractivity contribution in [2.45, 2.75) is 17.7 Å². The molecule has 1 aromatic carbocycles. The van der Waals surface area contributed by atoms with Crippen LogP contribution in [0.5, 0.6) is 0 Å². The topological polar surface area (TPSA) is 72.6 Å². The molecule has 0 radical (unpaired) electrons. The summed E-state index contributed by atoms with van der Waals surface area (Å²) in [5.74, 6) is -1.90. The number of halogens is 2. The van der Waals surface area contributed by atoms with Gasteiger partial charge in [-0.1, -0.05) is 0 Å². The molecule has 5 nitrogen and oxygen atoms in total. The molecule has 1 heterocycles. The molecule has 1 aromatic rings. The van der Waals surface area contributed by atoms with Crippen molar-refractivity contribution in [1.29, 1.82) is 0 Å². The van der Waals surface area contributed by atoms with Crippen LogP contribution in [0.3, 0.4) is 0 Å². The van der Waals surface area contributed by atoms with Crippen molar-refractivity contribution >= 4 is 15.7 Å². The first-order chi connectivity index (χ1) is 9.87. The predicted molar refractivity (Wildman–Crippen MR) is 74.1 cm³/mol. The summed E-state index contributed by atoms with van der Waals surface area (Å²) in [6.07, 6.45) is 1.29. The van der Waals surface area contributed by atoms with Gasteiger partial charge in [0, 0.05) is 26.8 Å². The molecule has 2 rings (SSSR count). The number of hydrogen-bond acceptors (Lipinski definition) is 4. The lowest BCUT2D eigenvalue weighted by Gasteiger charge is -2.31. The van der Waals surface area contributed by atoms with Crippen molar-refractivity contribution < 1.29 is 21.9 Å². The van der Waals surface area contributed by atoms with Crippen LogP contribution in [0, 0.1) is 17.6 Å². The number of ether oxygens (including phenoxy) is 1. The Morgan fingerprint density at radius 2 is 1.95 bits per heavy atom. The zero-order valence-electron chi connectivity index (χ0n) is 11.7. The molecule has 1 saturated heterocycles. The lowest BCUT2D eigenvalue weighted by Crippen LogP contribution is -2.39. The third-order valence-electron chi connectivity index (χ3n) is 3.68. The van der Waals surface area contributed by atoms with Crippen LogP contribution in [-0.4, -0.2) is 39.5 Å². The maximum atomic E-state index is 13.9. The highest BCUT2D eigenvalue weighted by Gasteiger charge is 2.32. The smallest absolute Gasteiger partial charge is 0.246 e. The van der Waals surface area contributed by atoms with Crippen LogP contribution >= 0.6 is 0 Å². The molecular formula is C13H18F2N2O3S. The zero-order chi connectivity index (χ0) is 15.6. The molecule has 2 N–H and O–H groups in total. The van der Waals surface area contributed by atoms with E-state index in [1.54, 1.807) is 7.11 Å². The average Bonchev–Trinajstić information content (AvgIpc) is 2.45. The van der Waals surface area contributed by atoms with Crippen LogP contribution in [0.4, 0.5) is 14.5 Å². The molecule has 21 heavy (non-hydrogen) atoms. The van der Waals surface area contributed by atoms with E-state index < -0.39 is 32.2 Å². The summed E-state index contributed by atoms with van der Waals surface area (Å²) < 4.78 is 58.1. The highest BCUT2D eigenvalue weighted by molar-refractivity contribution is 7.89. The third kappa shape index (κ3) is 3.17. The number of rotatable bonds is 4. The van der Waals surface area contributed by atoms with Gasteiger partial charge in [-0.3, -0.25) is 0 Å². The molecule has 118 valence electrons. The molecule has 0 saturated carbocycles. The molecule has 0 amide bonds. The molecule has 0 aromatic heterocycles. The van der Waals surface area contributed by atoms with Crippen molar-refractivity contribution in [3.8, 4) is 0 Å². The van der Waals surface area contributed by atoms with Crippen LogP contribution in [0.25, 0.3) is 0 Å². The molecule has 0 unspecified atom stereocenters. The Morgan fingerprint density at radius 3 is 2.52 bits per heavy atom. The van der Waals surface area contributed by atoms with Gasteiger partial charge in [0.1, 0.15) is 16.4 Å². The number of piperidine rings is 1. The normalized spacial score (nSPS) is 18.0. The van der Waals surface area contributed by atoms with E-state index in [-0.39, 0.29) is 13.1 Å². The predicted octanol–water partition coefficient (Wildman–Crippen LogP) is 1.59. The molecule has 1 aliphatic rings. The Kier molecular flexibility index (Phi) is 4.80. The Hall–Kier alpha value is -1.25. The molecule has 0 aliphatic carbocycles. The van der Waals surface area contributed by atoms with E-state index in [4.69, 9.17) is 10.5 Å². The summed E-state index contributed by atoms with van der Waals surface area (Å²) in [6, 6.07) is 1.78. The standard InChI is InChI=1S/C13H18F2N2O3S/c1-20-8-9-4-6-17(7-5-9)21(18,19)11-3-2-10(14)13(16)12(11)15/h2-3,9H,4-8,16H2,1H3. The van der Waals surface area contributed by atoms with Gasteiger partial charge >= 0.3 is 0 Å². The summed E-state index contributed by atoms with van der Waals surface area (Å²) in [7, 11) is -2.40. The summed E-state index contributed by atoms with van der Waals surface area (Å²) >= 11 is 0. The molecule has 0 spiro atoms. The van der Waals surface area contributed by atoms with E-state index in [1.807, 2.05) is 0 Å². The maximum Gasteiger partial charge on any atom is 0.246 e. The fourth-order valence-corrected chi connectivity index (χ4v) is 3.99. The van der Waals surface area contributed by atoms with Crippen molar-refractivity contribution in [3.05, 3.63) is 23.8 Å². The number of hydrogen-bond donors (Lipinski definition) is 1. The lowest BCUT2D eigenvalue weighted by atomic mass is 9.99. The Bertz CT molecular complexity index is 614. The second-order valence-electron chi connectivity index (χ2n) is 5.08. The van der Waals surface area contributed by atoms with Crippen LogP contribution in [0.1, 0.15) is 12.8 Å². The summed E-state index contributed by atoms with van der Waals surface area (Å²) in [4.78, 5) is -0.577. The minimum atomic E-state index is -4.00. The number of nitrogens with two attached hydrogens (primary N) is 1. The number of methoxy groups -OCH3 is 1. The van der Waals surface area contributed by atoms with Gasteiger partial charge < -0.3 is 10.5 Å². The summed E-state index contributed by atoms with van der Waals surface area (Å²) in [5, 5.41) is 0. The Labute approximate surface area is 122 Å². The quantitative estimate of drug-likeness (QED) is 0.855. The second-order valence-corrected chi connectivity index (χ2v) is 6.98. The van der Waals surface area contributed by atoms with Gasteiger partial charge in [-0.25, -0.2) is 17.2 Å². The fraction of sp³-hybridized carbons (Fsp3) is 0.538. The molecular weight excluding hydrogens is 302 g/mol. The zero-order valence-corrected chi connectivity index (χ0v) is 12.5. The number of nitrogens with zero attached hydrogens (tertiary/aromatic N) is 1. The molecule has 8 heteroatoms. The van der Waals surface area contributed by atoms with Gasteiger partial charge in [-0.15, -0.1) is 0 Å². The van der Waals surface area contributed by atoms with Gasteiger partial charge in [-0.05, 0) is 30.9 Å². The van der Waals surface area contributed by atoms with Gasteiger partial charge in [-0.2, -0.15) is 4.31 Å². The molecule has 1 fully saturated rings. The number of sulfonamides is 1. The largest absolute Gasteiger partial charge is 0.394 e.